The van der Waals surface area contributed by atoms with Crippen molar-refractivity contribution in [3.05, 3.63) is 26.7 Å². The van der Waals surface area contributed by atoms with Gasteiger partial charge in [-0.2, -0.15) is 0 Å². The second kappa shape index (κ2) is 6.44. The summed E-state index contributed by atoms with van der Waals surface area (Å²) < 4.78 is 8.56. The summed E-state index contributed by atoms with van der Waals surface area (Å²) in [4.78, 5) is 33.5. The molecule has 0 spiro atoms. The lowest BCUT2D eigenvalue weighted by molar-refractivity contribution is 0.171. The van der Waals surface area contributed by atoms with E-state index in [-0.39, 0.29) is 11.2 Å². The highest BCUT2D eigenvalue weighted by molar-refractivity contribution is 5.70. The number of aromatic nitrogens is 4. The minimum atomic E-state index is -0.241. The van der Waals surface area contributed by atoms with Gasteiger partial charge in [0.25, 0.3) is 5.56 Å². The highest BCUT2D eigenvalue weighted by Gasteiger charge is 2.40. The van der Waals surface area contributed by atoms with E-state index < -0.39 is 0 Å². The number of nitrogens with zero attached hydrogens (tertiary/aromatic N) is 3. The fourth-order valence-electron chi connectivity index (χ4n) is 4.44. The molecule has 1 N–H and O–H groups in total. The van der Waals surface area contributed by atoms with E-state index in [1.807, 2.05) is 13.8 Å². The maximum Gasteiger partial charge on any atom is 0.332 e. The lowest BCUT2D eigenvalue weighted by atomic mass is 10.0. The largest absolute Gasteiger partial charge is 0.381 e. The Kier molecular flexibility index (Phi) is 4.27. The lowest BCUT2D eigenvalue weighted by Gasteiger charge is -2.09. The monoisotopic (exact) mass is 346 g/mol. The first-order valence-electron chi connectivity index (χ1n) is 9.45. The van der Waals surface area contributed by atoms with Crippen molar-refractivity contribution in [1.82, 2.24) is 19.1 Å². The molecular weight excluding hydrogens is 320 g/mol. The zero-order valence-corrected chi connectivity index (χ0v) is 15.0. The summed E-state index contributed by atoms with van der Waals surface area (Å²) in [5.41, 5.74) is 0.516. The summed E-state index contributed by atoms with van der Waals surface area (Å²) in [6, 6.07) is 0. The van der Waals surface area contributed by atoms with Gasteiger partial charge in [0.05, 0.1) is 0 Å². The van der Waals surface area contributed by atoms with Crippen LogP contribution in [0.15, 0.2) is 9.59 Å². The zero-order valence-electron chi connectivity index (χ0n) is 15.0. The van der Waals surface area contributed by atoms with Crippen LogP contribution in [-0.2, 0) is 17.8 Å². The molecule has 1 saturated heterocycles. The third-order valence-corrected chi connectivity index (χ3v) is 5.67. The van der Waals surface area contributed by atoms with Crippen LogP contribution in [0.2, 0.25) is 0 Å². The van der Waals surface area contributed by atoms with Gasteiger partial charge in [-0.1, -0.05) is 13.8 Å². The van der Waals surface area contributed by atoms with Crippen LogP contribution in [0.4, 0.5) is 0 Å². The van der Waals surface area contributed by atoms with Crippen molar-refractivity contribution in [2.24, 2.45) is 11.8 Å². The SMILES string of the molecule is CCCn1c(=O)c2[nH]c(C3CC4COCC4C3)nc2n(CCC)c1=O. The van der Waals surface area contributed by atoms with Crippen LogP contribution in [0.25, 0.3) is 11.2 Å². The fourth-order valence-corrected chi connectivity index (χ4v) is 4.44. The van der Waals surface area contributed by atoms with Crippen LogP contribution in [0.1, 0.15) is 51.3 Å². The van der Waals surface area contributed by atoms with Crippen LogP contribution < -0.4 is 11.2 Å². The molecule has 1 saturated carbocycles. The molecule has 1 aliphatic heterocycles. The molecule has 3 heterocycles. The van der Waals surface area contributed by atoms with Gasteiger partial charge in [-0.3, -0.25) is 13.9 Å². The van der Waals surface area contributed by atoms with Gasteiger partial charge in [-0.15, -0.1) is 0 Å². The topological polar surface area (TPSA) is 81.9 Å². The lowest BCUT2D eigenvalue weighted by Crippen LogP contribution is -2.40. The Labute approximate surface area is 146 Å². The van der Waals surface area contributed by atoms with Gasteiger partial charge in [0.2, 0.25) is 0 Å². The smallest absolute Gasteiger partial charge is 0.332 e. The first kappa shape index (κ1) is 16.6. The number of fused-ring (bicyclic) bond motifs is 2. The molecule has 2 aliphatic rings. The van der Waals surface area contributed by atoms with Crippen LogP contribution in [0, 0.1) is 11.8 Å². The Bertz CT molecular complexity index is 882. The van der Waals surface area contributed by atoms with Gasteiger partial charge >= 0.3 is 5.69 Å². The molecule has 7 nitrogen and oxygen atoms in total. The van der Waals surface area contributed by atoms with Crippen LogP contribution in [0.5, 0.6) is 0 Å². The molecular formula is C18H26N4O3. The minimum Gasteiger partial charge on any atom is -0.381 e. The molecule has 0 radical (unpaired) electrons. The maximum absolute atomic E-state index is 12.8. The van der Waals surface area contributed by atoms with E-state index in [1.54, 1.807) is 4.57 Å². The van der Waals surface area contributed by atoms with E-state index in [9.17, 15) is 9.59 Å². The third kappa shape index (κ3) is 2.65. The van der Waals surface area contributed by atoms with Crippen molar-refractivity contribution < 1.29 is 4.74 Å². The van der Waals surface area contributed by atoms with Crippen molar-refractivity contribution >= 4 is 11.2 Å². The Morgan fingerprint density at radius 3 is 2.36 bits per heavy atom. The zero-order chi connectivity index (χ0) is 17.6. The second-order valence-electron chi connectivity index (χ2n) is 7.44. The number of ether oxygens (including phenoxy) is 1. The van der Waals surface area contributed by atoms with Crippen molar-refractivity contribution in [2.45, 2.75) is 58.5 Å². The van der Waals surface area contributed by atoms with Crippen molar-refractivity contribution in [1.29, 1.82) is 0 Å². The van der Waals surface area contributed by atoms with Gasteiger partial charge < -0.3 is 9.72 Å². The molecule has 2 fully saturated rings. The first-order chi connectivity index (χ1) is 12.1. The fraction of sp³-hybridized carbons (Fsp3) is 0.722. The second-order valence-corrected chi connectivity index (χ2v) is 7.44. The number of nitrogens with one attached hydrogen (secondary N) is 1. The van der Waals surface area contributed by atoms with Crippen molar-refractivity contribution in [2.75, 3.05) is 13.2 Å². The van der Waals surface area contributed by atoms with Crippen molar-refractivity contribution in [3.63, 3.8) is 0 Å². The summed E-state index contributed by atoms with van der Waals surface area (Å²) in [6.07, 6.45) is 3.67. The predicted octanol–water partition coefficient (Wildman–Crippen LogP) is 1.85. The summed E-state index contributed by atoms with van der Waals surface area (Å²) in [5.74, 6) is 2.40. The molecule has 0 aromatic carbocycles. The average Bonchev–Trinajstić information content (AvgIpc) is 3.28. The Morgan fingerprint density at radius 1 is 1.08 bits per heavy atom. The predicted molar refractivity (Wildman–Crippen MR) is 95.0 cm³/mol. The number of aryl methyl sites for hydroxylation is 1. The Hall–Kier alpha value is -1.89. The molecule has 136 valence electrons. The minimum absolute atomic E-state index is 0.240. The van der Waals surface area contributed by atoms with Gasteiger partial charge in [-0.05, 0) is 37.5 Å². The summed E-state index contributed by atoms with van der Waals surface area (Å²) in [6.45, 7) is 6.69. The van der Waals surface area contributed by atoms with Gasteiger partial charge in [0.15, 0.2) is 5.65 Å². The van der Waals surface area contributed by atoms with Crippen molar-refractivity contribution in [3.8, 4) is 0 Å². The van der Waals surface area contributed by atoms with Gasteiger partial charge in [-0.25, -0.2) is 9.78 Å². The van der Waals surface area contributed by atoms with E-state index in [0.29, 0.717) is 42.0 Å². The number of rotatable bonds is 5. The van der Waals surface area contributed by atoms with E-state index in [4.69, 9.17) is 9.72 Å². The number of H-pyrrole nitrogens is 1. The van der Waals surface area contributed by atoms with E-state index >= 15 is 0 Å². The highest BCUT2D eigenvalue weighted by Crippen LogP contribution is 2.44. The molecule has 2 atom stereocenters. The molecule has 4 rings (SSSR count). The van der Waals surface area contributed by atoms with E-state index in [0.717, 1.165) is 44.7 Å². The Balaban J connectivity index is 1.81. The standard InChI is InChI=1S/C18H26N4O3/c1-3-5-21-16-14(17(23)22(6-4-2)18(21)24)19-15(20-16)11-7-12-9-25-10-13(12)8-11/h11-13H,3-10H2,1-2H3,(H,19,20). The van der Waals surface area contributed by atoms with Gasteiger partial charge in [0.1, 0.15) is 11.3 Å². The average molecular weight is 346 g/mol. The first-order valence-corrected chi connectivity index (χ1v) is 9.45. The van der Waals surface area contributed by atoms with Gasteiger partial charge in [0, 0.05) is 32.2 Å². The van der Waals surface area contributed by atoms with E-state index in [1.165, 1.54) is 4.57 Å². The summed E-state index contributed by atoms with van der Waals surface area (Å²) >= 11 is 0. The molecule has 2 unspecified atom stereocenters. The number of hydrogen-bond donors (Lipinski definition) is 1. The molecule has 1 aliphatic carbocycles. The Morgan fingerprint density at radius 2 is 1.72 bits per heavy atom. The molecule has 25 heavy (non-hydrogen) atoms. The third-order valence-electron chi connectivity index (χ3n) is 5.67. The number of hydrogen-bond acceptors (Lipinski definition) is 4. The van der Waals surface area contributed by atoms with Crippen LogP contribution in [0.3, 0.4) is 0 Å². The maximum atomic E-state index is 12.8. The summed E-state index contributed by atoms with van der Waals surface area (Å²) in [5, 5.41) is 0. The molecule has 0 bridgehead atoms. The molecule has 2 aromatic rings. The number of aromatic amines is 1. The summed E-state index contributed by atoms with van der Waals surface area (Å²) in [7, 11) is 0. The molecule has 0 amide bonds. The normalized spacial score (nSPS) is 25.8. The highest BCUT2D eigenvalue weighted by atomic mass is 16.5. The number of imidazole rings is 1. The van der Waals surface area contributed by atoms with Crippen LogP contribution in [-0.4, -0.2) is 32.3 Å². The van der Waals surface area contributed by atoms with Crippen LogP contribution >= 0.6 is 0 Å². The molecule has 2 aromatic heterocycles. The van der Waals surface area contributed by atoms with E-state index in [2.05, 4.69) is 4.98 Å². The molecule has 7 heteroatoms. The quantitative estimate of drug-likeness (QED) is 0.896.